The van der Waals surface area contributed by atoms with Crippen LogP contribution in [0.3, 0.4) is 0 Å². The van der Waals surface area contributed by atoms with Crippen molar-refractivity contribution in [2.24, 2.45) is 0 Å². The Kier molecular flexibility index (Phi) is 6.65. The van der Waals surface area contributed by atoms with Crippen molar-refractivity contribution in [3.8, 4) is 16.8 Å². The first kappa shape index (κ1) is 24.2. The molecule has 36 heavy (non-hydrogen) atoms. The molecule has 0 radical (unpaired) electrons. The lowest BCUT2D eigenvalue weighted by Gasteiger charge is -2.29. The molecule has 4 aromatic rings. The van der Waals surface area contributed by atoms with Gasteiger partial charge >= 0.3 is 0 Å². The van der Waals surface area contributed by atoms with Crippen LogP contribution in [-0.2, 0) is 14.8 Å². The number of morpholine rings is 1. The van der Waals surface area contributed by atoms with Crippen molar-refractivity contribution in [2.75, 3.05) is 50.0 Å². The van der Waals surface area contributed by atoms with Crippen molar-refractivity contribution >= 4 is 32.7 Å². The molecule has 2 N–H and O–H groups in total. The molecule has 188 valence electrons. The van der Waals surface area contributed by atoms with Gasteiger partial charge in [-0.3, -0.25) is 9.55 Å². The van der Waals surface area contributed by atoms with Gasteiger partial charge in [0.05, 0.1) is 24.2 Å². The maximum absolute atomic E-state index is 13.0. The van der Waals surface area contributed by atoms with Crippen LogP contribution >= 0.6 is 0 Å². The summed E-state index contributed by atoms with van der Waals surface area (Å²) in [5, 5.41) is 0. The van der Waals surface area contributed by atoms with Crippen LogP contribution in [0.15, 0.2) is 65.8 Å². The van der Waals surface area contributed by atoms with Gasteiger partial charge < -0.3 is 15.4 Å². The van der Waals surface area contributed by atoms with E-state index in [4.69, 9.17) is 10.5 Å². The lowest BCUT2D eigenvalue weighted by Crippen LogP contribution is -2.36. The number of imidazole rings is 1. The summed E-state index contributed by atoms with van der Waals surface area (Å²) >= 11 is 0. The average Bonchev–Trinajstić information content (AvgIpc) is 3.24. The van der Waals surface area contributed by atoms with Crippen molar-refractivity contribution in [3.63, 3.8) is 0 Å². The van der Waals surface area contributed by atoms with Crippen LogP contribution in [0.4, 0.5) is 11.6 Å². The maximum Gasteiger partial charge on any atom is 0.244 e. The summed E-state index contributed by atoms with van der Waals surface area (Å²) in [6, 6.07) is 15.7. The van der Waals surface area contributed by atoms with Crippen LogP contribution in [0, 0.1) is 0 Å². The predicted molar refractivity (Wildman–Crippen MR) is 142 cm³/mol. The number of pyridine rings is 1. The van der Waals surface area contributed by atoms with Gasteiger partial charge in [0.15, 0.2) is 0 Å². The molecule has 2 aromatic heterocycles. The fourth-order valence-corrected chi connectivity index (χ4v) is 6.06. The quantitative estimate of drug-likeness (QED) is 0.409. The molecule has 0 aliphatic carbocycles. The van der Waals surface area contributed by atoms with E-state index in [1.54, 1.807) is 12.3 Å². The molecule has 1 aliphatic rings. The van der Waals surface area contributed by atoms with Crippen LogP contribution < -0.4 is 10.6 Å². The predicted octanol–water partition coefficient (Wildman–Crippen LogP) is 3.54. The van der Waals surface area contributed by atoms with E-state index in [2.05, 4.69) is 27.0 Å². The molecule has 1 saturated heterocycles. The molecule has 0 amide bonds. The fraction of sp³-hybridized carbons (Fsp3) is 0.308. The summed E-state index contributed by atoms with van der Waals surface area (Å²) in [5.74, 6) is 0.386. The van der Waals surface area contributed by atoms with Crippen molar-refractivity contribution in [3.05, 3.63) is 60.9 Å². The highest BCUT2D eigenvalue weighted by Gasteiger charge is 2.22. The Bertz CT molecular complexity index is 1470. The molecule has 0 spiro atoms. The van der Waals surface area contributed by atoms with E-state index in [1.165, 1.54) is 10.5 Å². The molecule has 0 bridgehead atoms. The van der Waals surface area contributed by atoms with E-state index in [1.807, 2.05) is 48.7 Å². The van der Waals surface area contributed by atoms with Crippen molar-refractivity contribution in [1.29, 1.82) is 0 Å². The second kappa shape index (κ2) is 9.88. The number of hydrogen-bond donors (Lipinski definition) is 1. The zero-order valence-electron chi connectivity index (χ0n) is 20.5. The van der Waals surface area contributed by atoms with Gasteiger partial charge in [-0.1, -0.05) is 19.9 Å². The molecular weight excluding hydrogens is 476 g/mol. The second-order valence-electron chi connectivity index (χ2n) is 8.62. The zero-order valence-corrected chi connectivity index (χ0v) is 21.3. The van der Waals surface area contributed by atoms with E-state index < -0.39 is 10.0 Å². The molecule has 1 aliphatic heterocycles. The van der Waals surface area contributed by atoms with E-state index in [0.717, 1.165) is 54.3 Å². The fourth-order valence-electron chi connectivity index (χ4n) is 4.61. The first-order chi connectivity index (χ1) is 17.4. The first-order valence-electron chi connectivity index (χ1n) is 12.1. The van der Waals surface area contributed by atoms with Gasteiger partial charge in [-0.05, 0) is 48.0 Å². The summed E-state index contributed by atoms with van der Waals surface area (Å²) in [7, 11) is -3.61. The summed E-state index contributed by atoms with van der Waals surface area (Å²) < 4.78 is 34.8. The Balaban J connectivity index is 1.52. The number of sulfonamides is 1. The van der Waals surface area contributed by atoms with Crippen LogP contribution in [0.1, 0.15) is 13.8 Å². The van der Waals surface area contributed by atoms with E-state index in [9.17, 15) is 8.42 Å². The van der Waals surface area contributed by atoms with Crippen molar-refractivity contribution in [2.45, 2.75) is 18.7 Å². The lowest BCUT2D eigenvalue weighted by molar-refractivity contribution is 0.122. The number of fused-ring (bicyclic) bond motifs is 1. The van der Waals surface area contributed by atoms with Gasteiger partial charge in [0, 0.05) is 55.5 Å². The van der Waals surface area contributed by atoms with E-state index in [-0.39, 0.29) is 4.90 Å². The maximum atomic E-state index is 13.0. The molecule has 5 rings (SSSR count). The van der Waals surface area contributed by atoms with Gasteiger partial charge in [-0.2, -0.15) is 4.31 Å². The van der Waals surface area contributed by atoms with Gasteiger partial charge in [-0.25, -0.2) is 13.4 Å². The summed E-state index contributed by atoms with van der Waals surface area (Å²) in [6.45, 7) is 7.66. The Morgan fingerprint density at radius 3 is 2.33 bits per heavy atom. The van der Waals surface area contributed by atoms with Crippen LogP contribution in [0.2, 0.25) is 0 Å². The molecule has 10 heteroatoms. The molecule has 3 heterocycles. The lowest BCUT2D eigenvalue weighted by atomic mass is 10.1. The summed E-state index contributed by atoms with van der Waals surface area (Å²) in [6.07, 6.45) is 3.07. The van der Waals surface area contributed by atoms with Crippen LogP contribution in [0.25, 0.3) is 27.8 Å². The summed E-state index contributed by atoms with van der Waals surface area (Å²) in [4.78, 5) is 11.2. The zero-order chi connectivity index (χ0) is 25.3. The largest absolute Gasteiger partial charge is 0.378 e. The molecular formula is C26H30N6O3S. The highest BCUT2D eigenvalue weighted by atomic mass is 32.2. The third-order valence-corrected chi connectivity index (χ3v) is 8.57. The van der Waals surface area contributed by atoms with Gasteiger partial charge in [-0.15, -0.1) is 0 Å². The SMILES string of the molecule is CCN(CC)S(=O)(=O)c1cncc(-c2ccc3nc(N)n(-c4ccc(N5CCOCC5)cc4)c3c2)c1. The highest BCUT2D eigenvalue weighted by Crippen LogP contribution is 2.30. The van der Waals surface area contributed by atoms with Crippen molar-refractivity contribution < 1.29 is 13.2 Å². The Hall–Kier alpha value is -3.47. The smallest absolute Gasteiger partial charge is 0.244 e. The van der Waals surface area contributed by atoms with E-state index in [0.29, 0.717) is 24.6 Å². The standard InChI is InChI=1S/C26H30N6O3S/c1-3-31(4-2)36(33,34)23-15-20(17-28-18-23)19-5-10-24-25(16-19)32(26(27)29-24)22-8-6-21(7-9-22)30-11-13-35-14-12-30/h5-10,15-18H,3-4,11-14H2,1-2H3,(H2,27,29). The molecule has 0 saturated carbocycles. The highest BCUT2D eigenvalue weighted by molar-refractivity contribution is 7.89. The topological polar surface area (TPSA) is 107 Å². The van der Waals surface area contributed by atoms with Gasteiger partial charge in [0.2, 0.25) is 16.0 Å². The minimum absolute atomic E-state index is 0.176. The van der Waals surface area contributed by atoms with Crippen LogP contribution in [-0.4, -0.2) is 66.7 Å². The normalized spacial score (nSPS) is 14.6. The van der Waals surface area contributed by atoms with Gasteiger partial charge in [0.25, 0.3) is 0 Å². The number of nitrogens with two attached hydrogens (primary N) is 1. The van der Waals surface area contributed by atoms with Crippen molar-refractivity contribution in [1.82, 2.24) is 18.8 Å². The Morgan fingerprint density at radius 2 is 1.64 bits per heavy atom. The monoisotopic (exact) mass is 506 g/mol. The Labute approximate surface area is 211 Å². The molecule has 2 aromatic carbocycles. The molecule has 9 nitrogen and oxygen atoms in total. The number of anilines is 2. The molecule has 0 unspecified atom stereocenters. The first-order valence-corrected chi connectivity index (χ1v) is 13.5. The number of rotatable bonds is 7. The number of ether oxygens (including phenoxy) is 1. The number of benzene rings is 2. The Morgan fingerprint density at radius 1 is 0.944 bits per heavy atom. The molecule has 1 fully saturated rings. The molecule has 0 atom stereocenters. The number of aromatic nitrogens is 3. The third kappa shape index (κ3) is 4.43. The number of hydrogen-bond acceptors (Lipinski definition) is 7. The van der Waals surface area contributed by atoms with Gasteiger partial charge in [0.1, 0.15) is 4.90 Å². The number of nitrogens with zero attached hydrogens (tertiary/aromatic N) is 5. The van der Waals surface area contributed by atoms with Crippen LogP contribution in [0.5, 0.6) is 0 Å². The van der Waals surface area contributed by atoms with E-state index >= 15 is 0 Å². The third-order valence-electron chi connectivity index (χ3n) is 6.55. The minimum atomic E-state index is -3.61. The average molecular weight is 507 g/mol. The number of nitrogen functional groups attached to an aromatic ring is 1. The summed E-state index contributed by atoms with van der Waals surface area (Å²) in [5.41, 5.74) is 11.5. The minimum Gasteiger partial charge on any atom is -0.378 e. The second-order valence-corrected chi connectivity index (χ2v) is 10.6.